The fourth-order valence-corrected chi connectivity index (χ4v) is 4.78. The number of benzene rings is 2. The summed E-state index contributed by atoms with van der Waals surface area (Å²) in [6, 6.07) is 6.81. The Hall–Kier alpha value is -3.72. The number of aromatic nitrogens is 2. The number of hydrogen-bond acceptors (Lipinski definition) is 7. The number of rotatable bonds is 4. The second-order valence-electron chi connectivity index (χ2n) is 8.07. The first-order valence-corrected chi connectivity index (χ1v) is 10.6. The molecule has 0 amide bonds. The number of carbonyl (C=O) groups excluding carboxylic acids is 2. The van der Waals surface area contributed by atoms with Crippen molar-refractivity contribution in [2.45, 2.75) is 18.9 Å². The highest BCUT2D eigenvalue weighted by Gasteiger charge is 2.60. The van der Waals surface area contributed by atoms with Gasteiger partial charge in [0.1, 0.15) is 22.1 Å². The van der Waals surface area contributed by atoms with Crippen molar-refractivity contribution < 1.29 is 23.8 Å². The quantitative estimate of drug-likeness (QED) is 0.500. The highest BCUT2D eigenvalue weighted by Crippen LogP contribution is 2.53. The maximum Gasteiger partial charge on any atom is 0.323 e. The van der Waals surface area contributed by atoms with Crippen LogP contribution in [0.25, 0.3) is 11.0 Å². The number of allylic oxidation sites excluding steroid dienone is 1. The van der Waals surface area contributed by atoms with Crippen LogP contribution in [0.1, 0.15) is 23.7 Å². The van der Waals surface area contributed by atoms with Crippen molar-refractivity contribution in [3.63, 3.8) is 0 Å². The van der Waals surface area contributed by atoms with Gasteiger partial charge in [-0.2, -0.15) is 0 Å². The molecule has 10 heteroatoms. The molecule has 33 heavy (non-hydrogen) atoms. The van der Waals surface area contributed by atoms with E-state index in [1.54, 1.807) is 25.1 Å². The number of ether oxygens (including phenoxy) is 3. The van der Waals surface area contributed by atoms with Crippen molar-refractivity contribution in [2.24, 2.45) is 5.92 Å². The van der Waals surface area contributed by atoms with E-state index >= 15 is 0 Å². The molecule has 1 aromatic heterocycles. The Morgan fingerprint density at radius 2 is 1.82 bits per heavy atom. The smallest absolute Gasteiger partial charge is 0.323 e. The Kier molecular flexibility index (Phi) is 4.75. The zero-order valence-corrected chi connectivity index (χ0v) is 18.8. The van der Waals surface area contributed by atoms with Crippen LogP contribution in [0.2, 0.25) is 5.02 Å². The number of Topliss-reactive ketones (excluding diaryl/α,β-unsaturated/α-hetero) is 1. The molecule has 1 aliphatic carbocycles. The van der Waals surface area contributed by atoms with Gasteiger partial charge in [-0.25, -0.2) is 4.79 Å². The van der Waals surface area contributed by atoms with Crippen LogP contribution in [-0.4, -0.2) is 41.4 Å². The number of imidazole rings is 1. The first kappa shape index (κ1) is 21.1. The largest absolute Gasteiger partial charge is 0.496 e. The van der Waals surface area contributed by atoms with E-state index in [4.69, 9.17) is 25.8 Å². The van der Waals surface area contributed by atoms with Gasteiger partial charge in [-0.1, -0.05) is 18.5 Å². The topological polar surface area (TPSA) is 123 Å². The SMILES string of the molecule is COc1cc(OC)c2c(c1Cl)OC1(C(=O)C=C(Nc3ccc4[nH]c(=O)[nH]c4c3)CC1C)C2=O. The van der Waals surface area contributed by atoms with Gasteiger partial charge >= 0.3 is 5.69 Å². The first-order chi connectivity index (χ1) is 15.8. The summed E-state index contributed by atoms with van der Waals surface area (Å²) in [7, 11) is 2.86. The molecule has 0 saturated heterocycles. The average Bonchev–Trinajstić information content (AvgIpc) is 3.30. The molecule has 0 saturated carbocycles. The summed E-state index contributed by atoms with van der Waals surface area (Å²) in [6.07, 6.45) is 1.75. The monoisotopic (exact) mass is 469 g/mol. The van der Waals surface area contributed by atoms with Crippen LogP contribution in [0.5, 0.6) is 17.2 Å². The van der Waals surface area contributed by atoms with Crippen molar-refractivity contribution in [3.05, 3.63) is 57.1 Å². The summed E-state index contributed by atoms with van der Waals surface area (Å²) >= 11 is 6.41. The van der Waals surface area contributed by atoms with Crippen molar-refractivity contribution in [3.8, 4) is 17.2 Å². The first-order valence-electron chi connectivity index (χ1n) is 10.2. The summed E-state index contributed by atoms with van der Waals surface area (Å²) in [5, 5.41) is 3.32. The Morgan fingerprint density at radius 3 is 2.52 bits per heavy atom. The molecule has 170 valence electrons. The molecule has 3 aromatic rings. The number of H-pyrrole nitrogens is 2. The molecule has 2 aromatic carbocycles. The zero-order chi connectivity index (χ0) is 23.5. The second kappa shape index (κ2) is 7.41. The van der Waals surface area contributed by atoms with Crippen molar-refractivity contribution in [2.75, 3.05) is 19.5 Å². The fourth-order valence-electron chi connectivity index (χ4n) is 4.51. The number of nitrogens with one attached hydrogen (secondary N) is 3. The highest BCUT2D eigenvalue weighted by atomic mass is 35.5. The molecular weight excluding hydrogens is 450 g/mol. The van der Waals surface area contributed by atoms with E-state index in [1.165, 1.54) is 26.4 Å². The number of fused-ring (bicyclic) bond motifs is 2. The lowest BCUT2D eigenvalue weighted by Gasteiger charge is -2.35. The third kappa shape index (κ3) is 3.03. The van der Waals surface area contributed by atoms with Crippen molar-refractivity contribution >= 4 is 39.9 Å². The van der Waals surface area contributed by atoms with E-state index in [9.17, 15) is 14.4 Å². The Morgan fingerprint density at radius 1 is 1.09 bits per heavy atom. The van der Waals surface area contributed by atoms with E-state index in [2.05, 4.69) is 15.3 Å². The molecule has 9 nitrogen and oxygen atoms in total. The van der Waals surface area contributed by atoms with Crippen LogP contribution in [0.3, 0.4) is 0 Å². The lowest BCUT2D eigenvalue weighted by molar-refractivity contribution is -0.129. The number of aromatic amines is 2. The van der Waals surface area contributed by atoms with Crippen LogP contribution in [0, 0.1) is 5.92 Å². The molecule has 2 atom stereocenters. The normalized spacial score (nSPS) is 21.7. The summed E-state index contributed by atoms with van der Waals surface area (Å²) in [5.74, 6) is -0.875. The van der Waals surface area contributed by atoms with E-state index in [-0.39, 0.29) is 33.5 Å². The van der Waals surface area contributed by atoms with Crippen molar-refractivity contribution in [1.82, 2.24) is 9.97 Å². The van der Waals surface area contributed by atoms with Gasteiger partial charge in [0.25, 0.3) is 0 Å². The average molecular weight is 470 g/mol. The Bertz CT molecular complexity index is 1420. The molecule has 0 fully saturated rings. The molecule has 1 spiro atoms. The minimum Gasteiger partial charge on any atom is -0.496 e. The summed E-state index contributed by atoms with van der Waals surface area (Å²) in [5.41, 5.74) is 0.733. The number of methoxy groups -OCH3 is 2. The molecular formula is C23H20ClN3O6. The van der Waals surface area contributed by atoms with E-state index < -0.39 is 23.1 Å². The van der Waals surface area contributed by atoms with Crippen LogP contribution < -0.4 is 25.2 Å². The van der Waals surface area contributed by atoms with Gasteiger partial charge in [0.05, 0.1) is 25.3 Å². The summed E-state index contributed by atoms with van der Waals surface area (Å²) in [6.45, 7) is 1.78. The lowest BCUT2D eigenvalue weighted by atomic mass is 9.74. The minimum absolute atomic E-state index is 0.0877. The predicted octanol–water partition coefficient (Wildman–Crippen LogP) is 3.45. The van der Waals surface area contributed by atoms with Crippen LogP contribution in [-0.2, 0) is 4.79 Å². The van der Waals surface area contributed by atoms with Gasteiger partial charge in [0, 0.05) is 29.4 Å². The lowest BCUT2D eigenvalue weighted by Crippen LogP contribution is -2.55. The molecule has 2 aliphatic rings. The Balaban J connectivity index is 1.50. The Labute approximate surface area is 192 Å². The third-order valence-corrected chi connectivity index (χ3v) is 6.49. The van der Waals surface area contributed by atoms with E-state index in [0.29, 0.717) is 28.8 Å². The number of hydrogen-bond donors (Lipinski definition) is 3. The van der Waals surface area contributed by atoms with Gasteiger partial charge < -0.3 is 29.5 Å². The molecule has 5 rings (SSSR count). The van der Waals surface area contributed by atoms with Gasteiger partial charge in [-0.3, -0.25) is 9.59 Å². The van der Waals surface area contributed by atoms with Gasteiger partial charge in [0.15, 0.2) is 5.75 Å². The van der Waals surface area contributed by atoms with Crippen LogP contribution in [0.15, 0.2) is 40.8 Å². The van der Waals surface area contributed by atoms with E-state index in [0.717, 1.165) is 0 Å². The minimum atomic E-state index is -1.73. The fraction of sp³-hybridized carbons (Fsp3) is 0.261. The summed E-state index contributed by atoms with van der Waals surface area (Å²) in [4.78, 5) is 43.8. The van der Waals surface area contributed by atoms with Crippen molar-refractivity contribution in [1.29, 1.82) is 0 Å². The number of carbonyl (C=O) groups is 2. The van der Waals surface area contributed by atoms with Gasteiger partial charge in [0.2, 0.25) is 17.2 Å². The van der Waals surface area contributed by atoms with Crippen LogP contribution in [0.4, 0.5) is 5.69 Å². The predicted molar refractivity (Wildman–Crippen MR) is 122 cm³/mol. The maximum atomic E-state index is 13.5. The molecule has 1 aliphatic heterocycles. The summed E-state index contributed by atoms with van der Waals surface area (Å²) < 4.78 is 16.7. The zero-order valence-electron chi connectivity index (χ0n) is 18.0. The highest BCUT2D eigenvalue weighted by molar-refractivity contribution is 6.36. The maximum absolute atomic E-state index is 13.5. The third-order valence-electron chi connectivity index (χ3n) is 6.13. The van der Waals surface area contributed by atoms with Gasteiger partial charge in [-0.05, 0) is 24.6 Å². The van der Waals surface area contributed by atoms with Gasteiger partial charge in [-0.15, -0.1) is 0 Å². The van der Waals surface area contributed by atoms with E-state index in [1.807, 2.05) is 0 Å². The molecule has 3 N–H and O–H groups in total. The number of ketones is 2. The molecule has 0 bridgehead atoms. The second-order valence-corrected chi connectivity index (χ2v) is 8.45. The number of halogens is 1. The molecule has 0 radical (unpaired) electrons. The standard InChI is InChI=1S/C23H20ClN3O6/c1-10-6-12(25-11-4-5-13-14(7-11)27-22(30)26-13)8-17(28)23(10)21(29)18-15(31-2)9-16(32-3)19(24)20(18)33-23/h4-5,7-10,25H,6H2,1-3H3,(H2,26,27,30). The molecule has 2 heterocycles. The molecule has 2 unspecified atom stereocenters. The number of anilines is 1. The van der Waals surface area contributed by atoms with Crippen LogP contribution >= 0.6 is 11.6 Å².